The maximum absolute atomic E-state index is 11.0. The first-order valence-corrected chi connectivity index (χ1v) is 5.96. The van der Waals surface area contributed by atoms with Crippen LogP contribution in [0.5, 0.6) is 0 Å². The molecule has 2 aliphatic rings. The third kappa shape index (κ3) is 2.17. The summed E-state index contributed by atoms with van der Waals surface area (Å²) in [6.45, 7) is 5.81. The van der Waals surface area contributed by atoms with Crippen molar-refractivity contribution >= 4 is 5.97 Å². The molecule has 1 heterocycles. The fourth-order valence-electron chi connectivity index (χ4n) is 2.83. The van der Waals surface area contributed by atoms with Gasteiger partial charge in [0.1, 0.15) is 0 Å². The molecule has 2 fully saturated rings. The Balaban J connectivity index is 1.81. The SMILES string of the molecule is CC(C)(CCN1CC2CCC1C2)C(=O)O. The first-order chi connectivity index (χ1) is 6.99. The molecule has 3 heteroatoms. The summed E-state index contributed by atoms with van der Waals surface area (Å²) in [5.41, 5.74) is -0.568. The number of hydrogen-bond acceptors (Lipinski definition) is 2. The number of likely N-dealkylation sites (tertiary alicyclic amines) is 1. The highest BCUT2D eigenvalue weighted by Gasteiger charge is 2.38. The van der Waals surface area contributed by atoms with Crippen molar-refractivity contribution < 1.29 is 9.90 Å². The highest BCUT2D eigenvalue weighted by atomic mass is 16.4. The molecule has 2 rings (SSSR count). The van der Waals surface area contributed by atoms with Gasteiger partial charge in [-0.2, -0.15) is 0 Å². The Morgan fingerprint density at radius 2 is 2.20 bits per heavy atom. The standard InChI is InChI=1S/C12H21NO2/c1-12(2,11(14)15)5-6-13-8-9-3-4-10(13)7-9/h9-10H,3-8H2,1-2H3,(H,14,15). The van der Waals surface area contributed by atoms with Gasteiger partial charge in [-0.05, 0) is 52.0 Å². The van der Waals surface area contributed by atoms with E-state index in [1.807, 2.05) is 13.8 Å². The molecule has 0 spiro atoms. The summed E-state index contributed by atoms with van der Waals surface area (Å²) >= 11 is 0. The highest BCUT2D eigenvalue weighted by Crippen LogP contribution is 2.38. The summed E-state index contributed by atoms with van der Waals surface area (Å²) in [6, 6.07) is 0.764. The van der Waals surface area contributed by atoms with Gasteiger partial charge in [0.2, 0.25) is 0 Å². The Labute approximate surface area is 91.5 Å². The van der Waals surface area contributed by atoms with Crippen LogP contribution in [0.1, 0.15) is 39.5 Å². The fraction of sp³-hybridized carbons (Fsp3) is 0.917. The normalized spacial score (nSPS) is 31.1. The molecule has 0 amide bonds. The van der Waals surface area contributed by atoms with Crippen LogP contribution in [0, 0.1) is 11.3 Å². The zero-order chi connectivity index (χ0) is 11.1. The van der Waals surface area contributed by atoms with Crippen molar-refractivity contribution in [2.45, 2.75) is 45.6 Å². The van der Waals surface area contributed by atoms with Gasteiger partial charge < -0.3 is 10.0 Å². The average molecular weight is 211 g/mol. The van der Waals surface area contributed by atoms with Crippen LogP contribution in [0.15, 0.2) is 0 Å². The Bertz CT molecular complexity index is 262. The maximum atomic E-state index is 11.0. The molecule has 0 aromatic carbocycles. The average Bonchev–Trinajstić information content (AvgIpc) is 2.75. The van der Waals surface area contributed by atoms with Crippen LogP contribution in [0.4, 0.5) is 0 Å². The number of rotatable bonds is 4. The fourth-order valence-corrected chi connectivity index (χ4v) is 2.83. The minimum atomic E-state index is -0.674. The number of carbonyl (C=O) groups is 1. The lowest BCUT2D eigenvalue weighted by Gasteiger charge is -2.29. The van der Waals surface area contributed by atoms with Gasteiger partial charge in [-0.15, -0.1) is 0 Å². The van der Waals surface area contributed by atoms with Crippen LogP contribution in [-0.4, -0.2) is 35.1 Å². The molecule has 1 saturated carbocycles. The number of aliphatic carboxylic acids is 1. The molecular formula is C12H21NO2. The van der Waals surface area contributed by atoms with E-state index < -0.39 is 11.4 Å². The smallest absolute Gasteiger partial charge is 0.309 e. The number of hydrogen-bond donors (Lipinski definition) is 1. The Hall–Kier alpha value is -0.570. The van der Waals surface area contributed by atoms with Gasteiger partial charge in [-0.1, -0.05) is 0 Å². The predicted octanol–water partition coefficient (Wildman–Crippen LogP) is 1.97. The topological polar surface area (TPSA) is 40.5 Å². The van der Waals surface area contributed by atoms with Gasteiger partial charge in [0.25, 0.3) is 0 Å². The van der Waals surface area contributed by atoms with Crippen molar-refractivity contribution in [2.75, 3.05) is 13.1 Å². The van der Waals surface area contributed by atoms with E-state index in [0.717, 1.165) is 24.9 Å². The molecule has 1 aliphatic carbocycles. The first-order valence-electron chi connectivity index (χ1n) is 5.96. The first kappa shape index (κ1) is 10.9. The maximum Gasteiger partial charge on any atom is 0.309 e. The van der Waals surface area contributed by atoms with Crippen LogP contribution >= 0.6 is 0 Å². The third-order valence-electron chi connectivity index (χ3n) is 4.13. The van der Waals surface area contributed by atoms with Crippen LogP contribution in [0.2, 0.25) is 0 Å². The van der Waals surface area contributed by atoms with Gasteiger partial charge in [0.15, 0.2) is 0 Å². The molecule has 2 bridgehead atoms. The second kappa shape index (κ2) is 3.78. The zero-order valence-corrected chi connectivity index (χ0v) is 9.70. The molecule has 2 unspecified atom stereocenters. The highest BCUT2D eigenvalue weighted by molar-refractivity contribution is 5.73. The van der Waals surface area contributed by atoms with Crippen molar-refractivity contribution in [1.29, 1.82) is 0 Å². The van der Waals surface area contributed by atoms with Crippen molar-refractivity contribution in [2.24, 2.45) is 11.3 Å². The van der Waals surface area contributed by atoms with Gasteiger partial charge in [0.05, 0.1) is 5.41 Å². The molecule has 0 aromatic rings. The summed E-state index contributed by atoms with van der Waals surface area (Å²) < 4.78 is 0. The number of nitrogens with zero attached hydrogens (tertiary/aromatic N) is 1. The van der Waals surface area contributed by atoms with E-state index in [9.17, 15) is 4.79 Å². The van der Waals surface area contributed by atoms with E-state index in [1.54, 1.807) is 0 Å². The van der Waals surface area contributed by atoms with Gasteiger partial charge >= 0.3 is 5.97 Å². The second-order valence-corrected chi connectivity index (χ2v) is 5.77. The van der Waals surface area contributed by atoms with Crippen molar-refractivity contribution in [3.8, 4) is 0 Å². The molecule has 15 heavy (non-hydrogen) atoms. The molecule has 1 aliphatic heterocycles. The zero-order valence-electron chi connectivity index (χ0n) is 9.70. The lowest BCUT2D eigenvalue weighted by molar-refractivity contribution is -0.147. The van der Waals surface area contributed by atoms with Crippen LogP contribution in [0.3, 0.4) is 0 Å². The van der Waals surface area contributed by atoms with Gasteiger partial charge in [-0.25, -0.2) is 0 Å². The van der Waals surface area contributed by atoms with Crippen molar-refractivity contribution in [1.82, 2.24) is 4.90 Å². The van der Waals surface area contributed by atoms with E-state index in [-0.39, 0.29) is 0 Å². The summed E-state index contributed by atoms with van der Waals surface area (Å²) in [4.78, 5) is 13.5. The molecule has 1 saturated heterocycles. The molecular weight excluding hydrogens is 190 g/mol. The lowest BCUT2D eigenvalue weighted by atomic mass is 9.89. The summed E-state index contributed by atoms with van der Waals surface area (Å²) in [7, 11) is 0. The molecule has 0 aromatic heterocycles. The molecule has 3 nitrogen and oxygen atoms in total. The number of carboxylic acids is 1. The predicted molar refractivity (Wildman–Crippen MR) is 58.7 cm³/mol. The molecule has 1 N–H and O–H groups in total. The van der Waals surface area contributed by atoms with Crippen LogP contribution < -0.4 is 0 Å². The van der Waals surface area contributed by atoms with Gasteiger partial charge in [0, 0.05) is 12.6 Å². The quantitative estimate of drug-likeness (QED) is 0.773. The summed E-state index contributed by atoms with van der Waals surface area (Å²) in [6.07, 6.45) is 4.85. The number of piperidine rings is 1. The van der Waals surface area contributed by atoms with Crippen molar-refractivity contribution in [3.05, 3.63) is 0 Å². The minimum absolute atomic E-state index is 0.568. The van der Waals surface area contributed by atoms with E-state index in [2.05, 4.69) is 4.90 Å². The van der Waals surface area contributed by atoms with E-state index in [4.69, 9.17) is 5.11 Å². The van der Waals surface area contributed by atoms with Crippen molar-refractivity contribution in [3.63, 3.8) is 0 Å². The monoisotopic (exact) mass is 211 g/mol. The number of fused-ring (bicyclic) bond motifs is 2. The molecule has 86 valence electrons. The van der Waals surface area contributed by atoms with E-state index >= 15 is 0 Å². The summed E-state index contributed by atoms with van der Waals surface area (Å²) in [5.74, 6) is 0.231. The molecule has 2 atom stereocenters. The Morgan fingerprint density at radius 3 is 2.67 bits per heavy atom. The van der Waals surface area contributed by atoms with Crippen LogP contribution in [0.25, 0.3) is 0 Å². The third-order valence-corrected chi connectivity index (χ3v) is 4.13. The largest absolute Gasteiger partial charge is 0.481 e. The Kier molecular flexibility index (Phi) is 2.75. The Morgan fingerprint density at radius 1 is 1.47 bits per heavy atom. The number of carboxylic acid groups (broad SMARTS) is 1. The lowest BCUT2D eigenvalue weighted by Crippen LogP contribution is -2.36. The summed E-state index contributed by atoms with van der Waals surface area (Å²) in [5, 5.41) is 9.03. The second-order valence-electron chi connectivity index (χ2n) is 5.77. The van der Waals surface area contributed by atoms with Gasteiger partial charge in [-0.3, -0.25) is 4.79 Å². The molecule has 0 radical (unpaired) electrons. The van der Waals surface area contributed by atoms with E-state index in [1.165, 1.54) is 25.8 Å². The van der Waals surface area contributed by atoms with E-state index in [0.29, 0.717) is 0 Å². The van der Waals surface area contributed by atoms with Crippen LogP contribution in [-0.2, 0) is 4.79 Å². The minimum Gasteiger partial charge on any atom is -0.481 e.